The van der Waals surface area contributed by atoms with Gasteiger partial charge in [-0.3, -0.25) is 24.6 Å². The Bertz CT molecular complexity index is 1290. The molecule has 3 aromatic rings. The van der Waals surface area contributed by atoms with Gasteiger partial charge < -0.3 is 5.32 Å². The van der Waals surface area contributed by atoms with E-state index in [0.717, 1.165) is 5.56 Å². The minimum atomic E-state index is -1.09. The second-order valence-corrected chi connectivity index (χ2v) is 9.15. The van der Waals surface area contributed by atoms with E-state index in [1.807, 2.05) is 63.2 Å². The standard InChI is InChI=1S/C27H25N3O4/c1-27(2,3)28-25(31)24(19-12-9-13-20(17-19)30(33)34)29-23-15-8-7-14-21(23)22(26(29)32)16-18-10-5-4-6-11-18/h4-17,24H,1-3H3,(H,28,31)/b22-16-. The number of nitro groups is 1. The van der Waals surface area contributed by atoms with Gasteiger partial charge in [0.15, 0.2) is 0 Å². The van der Waals surface area contributed by atoms with Crippen molar-refractivity contribution in [2.45, 2.75) is 32.4 Å². The Kier molecular flexibility index (Phi) is 6.03. The number of nitrogens with zero attached hydrogens (tertiary/aromatic N) is 2. The van der Waals surface area contributed by atoms with Gasteiger partial charge in [-0.2, -0.15) is 0 Å². The van der Waals surface area contributed by atoms with Crippen molar-refractivity contribution in [1.29, 1.82) is 0 Å². The van der Waals surface area contributed by atoms with Crippen molar-refractivity contribution >= 4 is 34.8 Å². The molecule has 0 spiro atoms. The van der Waals surface area contributed by atoms with Crippen molar-refractivity contribution in [3.8, 4) is 0 Å². The normalized spacial score (nSPS) is 15.2. The van der Waals surface area contributed by atoms with Crippen LogP contribution in [-0.4, -0.2) is 22.3 Å². The zero-order valence-corrected chi connectivity index (χ0v) is 19.2. The van der Waals surface area contributed by atoms with E-state index in [-0.39, 0.29) is 11.6 Å². The van der Waals surface area contributed by atoms with Crippen molar-refractivity contribution in [3.63, 3.8) is 0 Å². The summed E-state index contributed by atoms with van der Waals surface area (Å²) < 4.78 is 0. The Balaban J connectivity index is 1.88. The third kappa shape index (κ3) is 4.59. The van der Waals surface area contributed by atoms with Gasteiger partial charge in [0.1, 0.15) is 6.04 Å². The number of nitrogens with one attached hydrogen (secondary N) is 1. The predicted molar refractivity (Wildman–Crippen MR) is 132 cm³/mol. The van der Waals surface area contributed by atoms with Crippen molar-refractivity contribution in [1.82, 2.24) is 5.32 Å². The monoisotopic (exact) mass is 455 g/mol. The van der Waals surface area contributed by atoms with Crippen LogP contribution >= 0.6 is 0 Å². The molecular weight excluding hydrogens is 430 g/mol. The first-order valence-electron chi connectivity index (χ1n) is 10.9. The SMILES string of the molecule is CC(C)(C)NC(=O)C(c1cccc([N+](=O)[O-])c1)N1C(=O)/C(=C\c2ccccc2)c2ccccc21. The molecule has 1 aliphatic heterocycles. The highest BCUT2D eigenvalue weighted by Gasteiger charge is 2.41. The lowest BCUT2D eigenvalue weighted by molar-refractivity contribution is -0.384. The average Bonchev–Trinajstić information content (AvgIpc) is 3.05. The second kappa shape index (κ2) is 8.94. The van der Waals surface area contributed by atoms with E-state index in [4.69, 9.17) is 0 Å². The fourth-order valence-corrected chi connectivity index (χ4v) is 4.04. The minimum Gasteiger partial charge on any atom is -0.349 e. The number of non-ortho nitro benzene ring substituents is 1. The number of para-hydroxylation sites is 1. The second-order valence-electron chi connectivity index (χ2n) is 9.15. The third-order valence-corrected chi connectivity index (χ3v) is 5.42. The summed E-state index contributed by atoms with van der Waals surface area (Å²) in [4.78, 5) is 39.7. The van der Waals surface area contributed by atoms with E-state index in [1.54, 1.807) is 24.3 Å². The minimum absolute atomic E-state index is 0.147. The van der Waals surface area contributed by atoms with Gasteiger partial charge in [0, 0.05) is 28.8 Å². The number of carbonyl (C=O) groups is 2. The maximum atomic E-state index is 13.8. The van der Waals surface area contributed by atoms with Gasteiger partial charge in [-0.1, -0.05) is 60.7 Å². The number of nitro benzene ring substituents is 1. The topological polar surface area (TPSA) is 92.5 Å². The van der Waals surface area contributed by atoms with Crippen molar-refractivity contribution in [2.75, 3.05) is 4.90 Å². The van der Waals surface area contributed by atoms with Crippen LogP contribution in [0.5, 0.6) is 0 Å². The fourth-order valence-electron chi connectivity index (χ4n) is 4.04. The van der Waals surface area contributed by atoms with Crippen LogP contribution in [0.2, 0.25) is 0 Å². The third-order valence-electron chi connectivity index (χ3n) is 5.42. The summed E-state index contributed by atoms with van der Waals surface area (Å²) in [5, 5.41) is 14.4. The largest absolute Gasteiger partial charge is 0.349 e. The average molecular weight is 456 g/mol. The first-order valence-corrected chi connectivity index (χ1v) is 10.9. The van der Waals surface area contributed by atoms with Crippen LogP contribution in [0.3, 0.4) is 0 Å². The van der Waals surface area contributed by atoms with Crippen LogP contribution in [0.15, 0.2) is 78.9 Å². The first kappa shape index (κ1) is 22.9. The Labute approximate surface area is 197 Å². The number of amides is 2. The van der Waals surface area contributed by atoms with E-state index < -0.39 is 22.4 Å². The summed E-state index contributed by atoms with van der Waals surface area (Å²) in [5.74, 6) is -0.761. The lowest BCUT2D eigenvalue weighted by Crippen LogP contribution is -2.48. The van der Waals surface area contributed by atoms with E-state index >= 15 is 0 Å². The molecule has 0 bridgehead atoms. The van der Waals surface area contributed by atoms with E-state index in [0.29, 0.717) is 22.4 Å². The molecule has 1 atom stereocenters. The van der Waals surface area contributed by atoms with Gasteiger partial charge >= 0.3 is 0 Å². The molecule has 34 heavy (non-hydrogen) atoms. The molecule has 3 aromatic carbocycles. The van der Waals surface area contributed by atoms with E-state index in [1.165, 1.54) is 23.1 Å². The number of rotatable bonds is 5. The van der Waals surface area contributed by atoms with Crippen LogP contribution in [0.1, 0.15) is 43.5 Å². The Morgan fingerprint density at radius 1 is 1.00 bits per heavy atom. The van der Waals surface area contributed by atoms with Crippen molar-refractivity contribution in [2.24, 2.45) is 0 Å². The Hall–Kier alpha value is -4.26. The smallest absolute Gasteiger partial charge is 0.269 e. The summed E-state index contributed by atoms with van der Waals surface area (Å²) in [7, 11) is 0. The highest BCUT2D eigenvalue weighted by molar-refractivity contribution is 6.36. The lowest BCUT2D eigenvalue weighted by Gasteiger charge is -2.31. The van der Waals surface area contributed by atoms with Gasteiger partial charge in [0.25, 0.3) is 11.6 Å². The zero-order valence-electron chi connectivity index (χ0n) is 19.2. The van der Waals surface area contributed by atoms with Gasteiger partial charge in [-0.05, 0) is 44.0 Å². The molecule has 7 heteroatoms. The molecule has 2 amide bonds. The summed E-state index contributed by atoms with van der Waals surface area (Å²) in [6.45, 7) is 5.53. The molecule has 4 rings (SSSR count). The fraction of sp³-hybridized carbons (Fsp3) is 0.185. The molecule has 0 radical (unpaired) electrons. The number of hydrogen-bond acceptors (Lipinski definition) is 4. The number of anilines is 1. The van der Waals surface area contributed by atoms with Crippen LogP contribution in [0.25, 0.3) is 11.6 Å². The molecule has 1 aliphatic rings. The van der Waals surface area contributed by atoms with E-state index in [9.17, 15) is 19.7 Å². The molecule has 1 heterocycles. The predicted octanol–water partition coefficient (Wildman–Crippen LogP) is 5.14. The molecule has 0 saturated carbocycles. The van der Waals surface area contributed by atoms with Crippen LogP contribution in [-0.2, 0) is 9.59 Å². The van der Waals surface area contributed by atoms with Crippen molar-refractivity contribution in [3.05, 3.63) is 106 Å². The van der Waals surface area contributed by atoms with Crippen LogP contribution in [0.4, 0.5) is 11.4 Å². The molecule has 0 aliphatic carbocycles. The molecule has 7 nitrogen and oxygen atoms in total. The summed E-state index contributed by atoms with van der Waals surface area (Å²) >= 11 is 0. The summed E-state index contributed by atoms with van der Waals surface area (Å²) in [5.41, 5.74) is 2.24. The highest BCUT2D eigenvalue weighted by Crippen LogP contribution is 2.43. The van der Waals surface area contributed by atoms with Crippen LogP contribution in [0, 0.1) is 10.1 Å². The lowest BCUT2D eigenvalue weighted by atomic mass is 10.0. The molecule has 1 N–H and O–H groups in total. The number of carbonyl (C=O) groups excluding carboxylic acids is 2. The Morgan fingerprint density at radius 2 is 1.68 bits per heavy atom. The Morgan fingerprint density at radius 3 is 2.35 bits per heavy atom. The number of fused-ring (bicyclic) bond motifs is 1. The molecular formula is C27H25N3O4. The zero-order chi connectivity index (χ0) is 24.5. The maximum absolute atomic E-state index is 13.8. The first-order chi connectivity index (χ1) is 16.2. The molecule has 1 unspecified atom stereocenters. The van der Waals surface area contributed by atoms with Gasteiger partial charge in [0.2, 0.25) is 5.91 Å². The maximum Gasteiger partial charge on any atom is 0.269 e. The highest BCUT2D eigenvalue weighted by atomic mass is 16.6. The van der Waals surface area contributed by atoms with Gasteiger partial charge in [-0.25, -0.2) is 0 Å². The van der Waals surface area contributed by atoms with Crippen molar-refractivity contribution < 1.29 is 14.5 Å². The number of benzene rings is 3. The molecule has 0 fully saturated rings. The van der Waals surface area contributed by atoms with Gasteiger partial charge in [0.05, 0.1) is 10.6 Å². The van der Waals surface area contributed by atoms with Crippen LogP contribution < -0.4 is 10.2 Å². The summed E-state index contributed by atoms with van der Waals surface area (Å²) in [6, 6.07) is 21.5. The van der Waals surface area contributed by atoms with Gasteiger partial charge in [-0.15, -0.1) is 0 Å². The van der Waals surface area contributed by atoms with E-state index in [2.05, 4.69) is 5.32 Å². The molecule has 172 valence electrons. The summed E-state index contributed by atoms with van der Waals surface area (Å²) in [6.07, 6.45) is 1.80. The molecule has 0 saturated heterocycles. The molecule has 0 aromatic heterocycles. The quantitative estimate of drug-likeness (QED) is 0.328. The number of hydrogen-bond donors (Lipinski definition) is 1.